The topological polar surface area (TPSA) is 73.5 Å². The summed E-state index contributed by atoms with van der Waals surface area (Å²) < 4.78 is 1.13. The minimum Gasteiger partial charge on any atom is -0.399 e. The van der Waals surface area contributed by atoms with E-state index in [4.69, 9.17) is 15.1 Å². The lowest BCUT2D eigenvalue weighted by atomic mass is 10.0. The molecule has 0 amide bonds. The Morgan fingerprint density at radius 3 is 3.12 bits per heavy atom. The first-order valence-corrected chi connectivity index (χ1v) is 9.51. The van der Waals surface area contributed by atoms with Crippen molar-refractivity contribution in [1.29, 1.82) is 5.26 Å². The van der Waals surface area contributed by atoms with Crippen LogP contribution in [0.25, 0.3) is 15.8 Å². The highest BCUT2D eigenvalue weighted by Gasteiger charge is 2.26. The summed E-state index contributed by atoms with van der Waals surface area (Å²) >= 11 is 1.65. The summed E-state index contributed by atoms with van der Waals surface area (Å²) in [5, 5.41) is 17.3. The number of anilines is 1. The van der Waals surface area contributed by atoms with Gasteiger partial charge in [0.05, 0.1) is 16.4 Å². The van der Waals surface area contributed by atoms with Crippen LogP contribution in [-0.4, -0.2) is 42.3 Å². The third-order valence-electron chi connectivity index (χ3n) is 4.75. The first-order chi connectivity index (χ1) is 12.6. The number of aromatic nitrogens is 1. The Hall–Kier alpha value is -2.59. The summed E-state index contributed by atoms with van der Waals surface area (Å²) in [6.07, 6.45) is 7.00. The van der Waals surface area contributed by atoms with Crippen molar-refractivity contribution < 1.29 is 4.84 Å². The molecule has 1 N–H and O–H groups in total. The van der Waals surface area contributed by atoms with Gasteiger partial charge in [0.25, 0.3) is 0 Å². The Kier molecular flexibility index (Phi) is 5.74. The molecule has 0 saturated carbocycles. The molecule has 3 rings (SSSR count). The van der Waals surface area contributed by atoms with Crippen LogP contribution in [0, 0.1) is 17.4 Å². The predicted octanol–water partition coefficient (Wildman–Crippen LogP) is 3.94. The second-order valence-electron chi connectivity index (χ2n) is 6.39. The van der Waals surface area contributed by atoms with E-state index in [2.05, 4.69) is 29.7 Å². The van der Waals surface area contributed by atoms with Crippen LogP contribution >= 0.6 is 11.3 Å². The summed E-state index contributed by atoms with van der Waals surface area (Å²) in [6.45, 7) is 5.82. The number of rotatable bonds is 6. The van der Waals surface area contributed by atoms with Gasteiger partial charge in [-0.1, -0.05) is 28.6 Å². The molecule has 1 aliphatic rings. The van der Waals surface area contributed by atoms with Gasteiger partial charge in [-0.2, -0.15) is 5.26 Å². The minimum absolute atomic E-state index is 0.285. The molecule has 0 spiro atoms. The van der Waals surface area contributed by atoms with Gasteiger partial charge in [0.1, 0.15) is 7.11 Å². The predicted molar refractivity (Wildman–Crippen MR) is 107 cm³/mol. The van der Waals surface area contributed by atoms with E-state index in [1.165, 1.54) is 7.11 Å². The normalized spacial score (nSPS) is 19.1. The van der Waals surface area contributed by atoms with E-state index in [0.717, 1.165) is 46.0 Å². The van der Waals surface area contributed by atoms with Crippen molar-refractivity contribution in [3.05, 3.63) is 29.8 Å². The fourth-order valence-electron chi connectivity index (χ4n) is 3.19. The maximum absolute atomic E-state index is 9.02. The van der Waals surface area contributed by atoms with Crippen LogP contribution in [0.5, 0.6) is 0 Å². The smallest absolute Gasteiger partial charge is 0.184 e. The molecule has 2 aromatic rings. The first-order valence-electron chi connectivity index (χ1n) is 8.69. The standard InChI is InChI=1S/C19H23N5OS/c1-4-14(10-21-25-3)15-5-6-17-18(9-15)26-19(23-17)22-13(2)16-7-8-24(11-16)12-20/h4-6,9-10,13,16H,7-8,11H2,1-3H3,(H,22,23)/b14-4-,21-10-. The van der Waals surface area contributed by atoms with Gasteiger partial charge in [0.15, 0.2) is 11.3 Å². The molecular weight excluding hydrogens is 346 g/mol. The third kappa shape index (κ3) is 3.97. The number of thiazole rings is 1. The molecule has 2 unspecified atom stereocenters. The highest BCUT2D eigenvalue weighted by molar-refractivity contribution is 7.22. The third-order valence-corrected chi connectivity index (χ3v) is 5.70. The highest BCUT2D eigenvalue weighted by Crippen LogP contribution is 2.30. The number of oxime groups is 1. The van der Waals surface area contributed by atoms with Gasteiger partial charge < -0.3 is 15.1 Å². The molecule has 7 heteroatoms. The zero-order valence-corrected chi connectivity index (χ0v) is 16.1. The van der Waals surface area contributed by atoms with Crippen molar-refractivity contribution in [2.24, 2.45) is 11.1 Å². The van der Waals surface area contributed by atoms with Gasteiger partial charge >= 0.3 is 0 Å². The van der Waals surface area contributed by atoms with E-state index in [1.54, 1.807) is 17.6 Å². The van der Waals surface area contributed by atoms with Crippen LogP contribution in [-0.2, 0) is 4.84 Å². The van der Waals surface area contributed by atoms with Crippen LogP contribution < -0.4 is 5.32 Å². The molecule has 6 nitrogen and oxygen atoms in total. The lowest BCUT2D eigenvalue weighted by Crippen LogP contribution is -2.27. The van der Waals surface area contributed by atoms with Crippen LogP contribution in [0.1, 0.15) is 25.8 Å². The van der Waals surface area contributed by atoms with Crippen LogP contribution in [0.15, 0.2) is 29.4 Å². The number of likely N-dealkylation sites (tertiary alicyclic amines) is 1. The molecule has 2 atom stereocenters. The van der Waals surface area contributed by atoms with Gasteiger partial charge in [-0.15, -0.1) is 0 Å². The number of nitriles is 1. The van der Waals surface area contributed by atoms with Gasteiger partial charge in [-0.3, -0.25) is 0 Å². The largest absolute Gasteiger partial charge is 0.399 e. The molecule has 2 heterocycles. The number of benzene rings is 1. The zero-order chi connectivity index (χ0) is 18.5. The van der Waals surface area contributed by atoms with E-state index in [0.29, 0.717) is 5.92 Å². The lowest BCUT2D eigenvalue weighted by Gasteiger charge is -2.19. The molecule has 0 bridgehead atoms. The SMILES string of the molecule is C/C=C(/C=N\OC)c1ccc2nc(NC(C)C3CCN(C#N)C3)sc2c1. The van der Waals surface area contributed by atoms with Crippen molar-refractivity contribution >= 4 is 38.5 Å². The number of hydrogen-bond acceptors (Lipinski definition) is 7. The number of nitrogens with zero attached hydrogens (tertiary/aromatic N) is 4. The highest BCUT2D eigenvalue weighted by atomic mass is 32.1. The Labute approximate surface area is 157 Å². The molecule has 1 fully saturated rings. The number of fused-ring (bicyclic) bond motifs is 1. The van der Waals surface area contributed by atoms with E-state index in [9.17, 15) is 0 Å². The molecule has 1 aliphatic heterocycles. The van der Waals surface area contributed by atoms with Crippen molar-refractivity contribution in [2.75, 3.05) is 25.5 Å². The first kappa shape index (κ1) is 18.2. The fourth-order valence-corrected chi connectivity index (χ4v) is 4.19. The summed E-state index contributed by atoms with van der Waals surface area (Å²) in [6, 6.07) is 6.50. The average molecular weight is 369 g/mol. The van der Waals surface area contributed by atoms with Gasteiger partial charge in [0.2, 0.25) is 0 Å². The number of nitrogens with one attached hydrogen (secondary N) is 1. The molecule has 1 aromatic heterocycles. The van der Waals surface area contributed by atoms with E-state index < -0.39 is 0 Å². The number of allylic oxidation sites excluding steroid dienone is 2. The monoisotopic (exact) mass is 369 g/mol. The molecule has 1 saturated heterocycles. The van der Waals surface area contributed by atoms with Crippen molar-refractivity contribution in [1.82, 2.24) is 9.88 Å². The van der Waals surface area contributed by atoms with Gasteiger partial charge in [-0.25, -0.2) is 4.98 Å². The molecule has 0 radical (unpaired) electrons. The Morgan fingerprint density at radius 1 is 1.58 bits per heavy atom. The van der Waals surface area contributed by atoms with E-state index in [1.807, 2.05) is 30.0 Å². The quantitative estimate of drug-likeness (QED) is 0.474. The van der Waals surface area contributed by atoms with Crippen LogP contribution in [0.2, 0.25) is 0 Å². The number of hydrogen-bond donors (Lipinski definition) is 1. The molecule has 136 valence electrons. The summed E-state index contributed by atoms with van der Waals surface area (Å²) in [4.78, 5) is 11.3. The van der Waals surface area contributed by atoms with Crippen LogP contribution in [0.4, 0.5) is 5.13 Å². The summed E-state index contributed by atoms with van der Waals surface area (Å²) in [5.41, 5.74) is 3.08. The second-order valence-corrected chi connectivity index (χ2v) is 7.42. The van der Waals surface area contributed by atoms with Crippen molar-refractivity contribution in [3.63, 3.8) is 0 Å². The van der Waals surface area contributed by atoms with E-state index in [-0.39, 0.29) is 6.04 Å². The fraction of sp³-hybridized carbons (Fsp3) is 0.421. The Morgan fingerprint density at radius 2 is 2.42 bits per heavy atom. The van der Waals surface area contributed by atoms with Crippen molar-refractivity contribution in [2.45, 2.75) is 26.3 Å². The maximum Gasteiger partial charge on any atom is 0.184 e. The minimum atomic E-state index is 0.285. The van der Waals surface area contributed by atoms with Gasteiger partial charge in [0, 0.05) is 19.1 Å². The molecule has 0 aliphatic carbocycles. The zero-order valence-electron chi connectivity index (χ0n) is 15.3. The summed E-state index contributed by atoms with van der Waals surface area (Å²) in [5.74, 6) is 0.470. The average Bonchev–Trinajstić information content (AvgIpc) is 3.28. The second kappa shape index (κ2) is 8.19. The molecule has 1 aromatic carbocycles. The lowest BCUT2D eigenvalue weighted by molar-refractivity contribution is 0.216. The molecule has 26 heavy (non-hydrogen) atoms. The van der Waals surface area contributed by atoms with Crippen LogP contribution in [0.3, 0.4) is 0 Å². The van der Waals surface area contributed by atoms with E-state index >= 15 is 0 Å². The molecular formula is C19H23N5OS. The maximum atomic E-state index is 9.02. The van der Waals surface area contributed by atoms with Gasteiger partial charge in [-0.05, 0) is 49.5 Å². The van der Waals surface area contributed by atoms with Crippen molar-refractivity contribution in [3.8, 4) is 6.19 Å². The summed E-state index contributed by atoms with van der Waals surface area (Å²) in [7, 11) is 1.54. The Balaban J connectivity index is 1.75. The Bertz CT molecular complexity index is 866.